The van der Waals surface area contributed by atoms with Crippen molar-refractivity contribution < 1.29 is 14.7 Å². The van der Waals surface area contributed by atoms with Gasteiger partial charge in [0.15, 0.2) is 0 Å². The van der Waals surface area contributed by atoms with Crippen LogP contribution in [0.5, 0.6) is 0 Å². The summed E-state index contributed by atoms with van der Waals surface area (Å²) in [6.45, 7) is 13.3. The maximum Gasteiger partial charge on any atom is 0.295 e. The Hall–Kier alpha value is -2.93. The molecule has 1 aromatic carbocycles. The third kappa shape index (κ3) is 4.29. The zero-order valence-electron chi connectivity index (χ0n) is 21.2. The van der Waals surface area contributed by atoms with Crippen molar-refractivity contribution >= 4 is 17.4 Å². The number of likely N-dealkylation sites (tertiary alicyclic amines) is 2. The van der Waals surface area contributed by atoms with E-state index in [2.05, 4.69) is 42.9 Å². The van der Waals surface area contributed by atoms with Crippen molar-refractivity contribution in [1.29, 1.82) is 0 Å². The summed E-state index contributed by atoms with van der Waals surface area (Å²) < 4.78 is 1.68. The minimum atomic E-state index is -0.633. The summed E-state index contributed by atoms with van der Waals surface area (Å²) in [5.74, 6) is -1.33. The molecule has 2 aliphatic heterocycles. The third-order valence-electron chi connectivity index (χ3n) is 7.23. The average molecular weight is 465 g/mol. The van der Waals surface area contributed by atoms with Gasteiger partial charge in [-0.1, -0.05) is 45.0 Å². The number of hydrogen-bond donors (Lipinski definition) is 1. The molecule has 2 aliphatic rings. The number of benzene rings is 1. The number of ketones is 1. The predicted molar refractivity (Wildman–Crippen MR) is 133 cm³/mol. The highest BCUT2D eigenvalue weighted by Gasteiger charge is 2.46. The lowest BCUT2D eigenvalue weighted by molar-refractivity contribution is -0.140. The largest absolute Gasteiger partial charge is 0.507 e. The SMILES string of the molecule is Cc1nn(C)c(C)c1/C(O)=C1\C(=O)C(=O)N(CCN2CCCC2)C1c1ccc(C(C)(C)C)cc1. The van der Waals surface area contributed by atoms with Gasteiger partial charge in [-0.2, -0.15) is 5.10 Å². The van der Waals surface area contributed by atoms with Gasteiger partial charge in [-0.25, -0.2) is 0 Å². The lowest BCUT2D eigenvalue weighted by Gasteiger charge is -2.28. The Kier molecular flexibility index (Phi) is 6.42. The number of aryl methyl sites for hydroxylation is 2. The molecule has 2 fully saturated rings. The van der Waals surface area contributed by atoms with Gasteiger partial charge in [0, 0.05) is 25.8 Å². The van der Waals surface area contributed by atoms with E-state index in [1.54, 1.807) is 23.6 Å². The molecular weight excluding hydrogens is 428 g/mol. The molecule has 0 saturated carbocycles. The van der Waals surface area contributed by atoms with E-state index in [0.29, 0.717) is 24.3 Å². The fourth-order valence-electron chi connectivity index (χ4n) is 5.13. The van der Waals surface area contributed by atoms with E-state index in [9.17, 15) is 14.7 Å². The third-order valence-corrected chi connectivity index (χ3v) is 7.23. The van der Waals surface area contributed by atoms with Crippen molar-refractivity contribution in [3.8, 4) is 0 Å². The Bertz CT molecular complexity index is 1130. The van der Waals surface area contributed by atoms with Gasteiger partial charge in [0.25, 0.3) is 11.7 Å². The first-order valence-electron chi connectivity index (χ1n) is 12.1. The zero-order chi connectivity index (χ0) is 24.8. The second-order valence-corrected chi connectivity index (χ2v) is 10.6. The molecular formula is C27H36N4O3. The molecule has 1 atom stereocenters. The minimum Gasteiger partial charge on any atom is -0.507 e. The lowest BCUT2D eigenvalue weighted by Crippen LogP contribution is -2.37. The highest BCUT2D eigenvalue weighted by molar-refractivity contribution is 6.46. The number of hydrogen-bond acceptors (Lipinski definition) is 5. The van der Waals surface area contributed by atoms with E-state index in [4.69, 9.17) is 0 Å². The molecule has 0 aliphatic carbocycles. The van der Waals surface area contributed by atoms with Gasteiger partial charge in [0.1, 0.15) is 5.76 Å². The first-order chi connectivity index (χ1) is 16.0. The number of aliphatic hydroxyl groups is 1. The van der Waals surface area contributed by atoms with Crippen LogP contribution in [0.15, 0.2) is 29.8 Å². The molecule has 0 spiro atoms. The lowest BCUT2D eigenvalue weighted by atomic mass is 9.85. The summed E-state index contributed by atoms with van der Waals surface area (Å²) in [6.07, 6.45) is 2.33. The molecule has 2 saturated heterocycles. The number of Topliss-reactive ketones (excluding diaryl/α,β-unsaturated/α-hetero) is 1. The van der Waals surface area contributed by atoms with Crippen LogP contribution in [0.3, 0.4) is 0 Å². The molecule has 1 N–H and O–H groups in total. The van der Waals surface area contributed by atoms with Gasteiger partial charge in [-0.05, 0) is 56.3 Å². The van der Waals surface area contributed by atoms with Crippen molar-refractivity contribution in [2.24, 2.45) is 7.05 Å². The van der Waals surface area contributed by atoms with Crippen LogP contribution in [-0.4, -0.2) is 62.6 Å². The summed E-state index contributed by atoms with van der Waals surface area (Å²) in [5, 5.41) is 15.8. The molecule has 2 aromatic rings. The highest BCUT2D eigenvalue weighted by atomic mass is 16.3. The smallest absolute Gasteiger partial charge is 0.295 e. The predicted octanol–water partition coefficient (Wildman–Crippen LogP) is 3.85. The molecule has 7 nitrogen and oxygen atoms in total. The summed E-state index contributed by atoms with van der Waals surface area (Å²) in [6, 6.07) is 7.44. The Morgan fingerprint density at radius 3 is 2.21 bits per heavy atom. The number of carbonyl (C=O) groups is 2. The maximum atomic E-state index is 13.3. The first kappa shape index (κ1) is 24.2. The molecule has 1 amide bonds. The van der Waals surface area contributed by atoms with Crippen LogP contribution in [-0.2, 0) is 22.1 Å². The topological polar surface area (TPSA) is 78.7 Å². The number of amides is 1. The first-order valence-corrected chi connectivity index (χ1v) is 12.1. The van der Waals surface area contributed by atoms with Gasteiger partial charge in [-0.3, -0.25) is 14.3 Å². The van der Waals surface area contributed by atoms with Gasteiger partial charge in [-0.15, -0.1) is 0 Å². The quantitative estimate of drug-likeness (QED) is 0.413. The fraction of sp³-hybridized carbons (Fsp3) is 0.519. The average Bonchev–Trinajstić information content (AvgIpc) is 3.45. The molecule has 3 heterocycles. The van der Waals surface area contributed by atoms with Gasteiger partial charge in [0.05, 0.1) is 22.9 Å². The Labute approximate surface area is 202 Å². The van der Waals surface area contributed by atoms with E-state index < -0.39 is 17.7 Å². The number of rotatable bonds is 5. The second kappa shape index (κ2) is 9.02. The normalized spacial score (nSPS) is 21.1. The van der Waals surface area contributed by atoms with Crippen LogP contribution in [0.4, 0.5) is 0 Å². The van der Waals surface area contributed by atoms with Gasteiger partial charge >= 0.3 is 0 Å². The Morgan fingerprint density at radius 1 is 1.06 bits per heavy atom. The van der Waals surface area contributed by atoms with Gasteiger partial charge in [0.2, 0.25) is 0 Å². The van der Waals surface area contributed by atoms with Gasteiger partial charge < -0.3 is 14.9 Å². The van der Waals surface area contributed by atoms with E-state index in [-0.39, 0.29) is 16.7 Å². The molecule has 4 rings (SSSR count). The summed E-state index contributed by atoms with van der Waals surface area (Å²) in [5.41, 5.74) is 4.03. The van der Waals surface area contributed by atoms with E-state index >= 15 is 0 Å². The van der Waals surface area contributed by atoms with E-state index in [1.165, 1.54) is 5.56 Å². The molecule has 182 valence electrons. The summed E-state index contributed by atoms with van der Waals surface area (Å²) >= 11 is 0. The van der Waals surface area contributed by atoms with Crippen LogP contribution in [0.1, 0.15) is 67.7 Å². The van der Waals surface area contributed by atoms with Crippen molar-refractivity contribution in [3.05, 3.63) is 57.9 Å². The van der Waals surface area contributed by atoms with Crippen molar-refractivity contribution in [2.45, 2.75) is 58.9 Å². The van der Waals surface area contributed by atoms with Crippen LogP contribution >= 0.6 is 0 Å². The zero-order valence-corrected chi connectivity index (χ0v) is 21.2. The van der Waals surface area contributed by atoms with E-state index in [0.717, 1.165) is 37.2 Å². The summed E-state index contributed by atoms with van der Waals surface area (Å²) in [4.78, 5) is 30.5. The standard InChI is InChI=1S/C27H36N4O3/c1-17-21(18(2)29(6)28-17)24(32)22-23(19-9-11-20(12-10-19)27(3,4)5)31(26(34)25(22)33)16-15-30-13-7-8-14-30/h9-12,23,32H,7-8,13-16H2,1-6H3/b24-22+. The number of aromatic nitrogens is 2. The van der Waals surface area contributed by atoms with Crippen molar-refractivity contribution in [3.63, 3.8) is 0 Å². The van der Waals surface area contributed by atoms with Crippen molar-refractivity contribution in [1.82, 2.24) is 19.6 Å². The molecule has 0 radical (unpaired) electrons. The number of nitrogens with zero attached hydrogens (tertiary/aromatic N) is 4. The Balaban J connectivity index is 1.81. The molecule has 1 unspecified atom stereocenters. The molecule has 34 heavy (non-hydrogen) atoms. The van der Waals surface area contributed by atoms with Crippen LogP contribution < -0.4 is 0 Å². The van der Waals surface area contributed by atoms with Crippen LogP contribution in [0.25, 0.3) is 5.76 Å². The monoisotopic (exact) mass is 464 g/mol. The summed E-state index contributed by atoms with van der Waals surface area (Å²) in [7, 11) is 1.80. The fourth-order valence-corrected chi connectivity index (χ4v) is 5.13. The molecule has 1 aromatic heterocycles. The second-order valence-electron chi connectivity index (χ2n) is 10.6. The van der Waals surface area contributed by atoms with E-state index in [1.807, 2.05) is 19.1 Å². The number of carbonyl (C=O) groups excluding carboxylic acids is 2. The van der Waals surface area contributed by atoms with Crippen LogP contribution in [0, 0.1) is 13.8 Å². The van der Waals surface area contributed by atoms with Crippen molar-refractivity contribution in [2.75, 3.05) is 26.2 Å². The minimum absolute atomic E-state index is 0.0139. The number of aliphatic hydroxyl groups excluding tert-OH is 1. The maximum absolute atomic E-state index is 13.3. The van der Waals surface area contributed by atoms with Crippen LogP contribution in [0.2, 0.25) is 0 Å². The Morgan fingerprint density at radius 2 is 1.68 bits per heavy atom. The highest BCUT2D eigenvalue weighted by Crippen LogP contribution is 2.40. The molecule has 7 heteroatoms. The molecule has 0 bridgehead atoms.